The average molecular weight is 327 g/mol. The lowest BCUT2D eigenvalue weighted by atomic mass is 10.4. The molecule has 4 nitrogen and oxygen atoms in total. The molecule has 0 spiro atoms. The molecule has 0 aromatic heterocycles. The molecule has 0 saturated carbocycles. The van der Waals surface area contributed by atoms with Gasteiger partial charge >= 0.3 is 0 Å². The van der Waals surface area contributed by atoms with Crippen molar-refractivity contribution in [1.82, 2.24) is 4.31 Å². The molecular formula is C10H12Cl2N2O2S2. The van der Waals surface area contributed by atoms with Gasteiger partial charge in [-0.15, -0.1) is 0 Å². The second kappa shape index (κ2) is 6.16. The van der Waals surface area contributed by atoms with E-state index in [-0.39, 0.29) is 28.0 Å². The lowest BCUT2D eigenvalue weighted by molar-refractivity contribution is 0.468. The normalized spacial score (nSPS) is 11.8. The highest BCUT2D eigenvalue weighted by Gasteiger charge is 2.26. The summed E-state index contributed by atoms with van der Waals surface area (Å²) in [6.45, 7) is 1.90. The Bertz CT molecular complexity index is 561. The van der Waals surface area contributed by atoms with Crippen molar-refractivity contribution in [2.24, 2.45) is 5.73 Å². The second-order valence-electron chi connectivity index (χ2n) is 3.47. The van der Waals surface area contributed by atoms with Crippen molar-refractivity contribution in [3.63, 3.8) is 0 Å². The lowest BCUT2D eigenvalue weighted by Gasteiger charge is -2.20. The van der Waals surface area contributed by atoms with Crippen LogP contribution in [0.1, 0.15) is 6.92 Å². The van der Waals surface area contributed by atoms with Gasteiger partial charge < -0.3 is 5.73 Å². The van der Waals surface area contributed by atoms with Gasteiger partial charge in [-0.25, -0.2) is 8.42 Å². The third-order valence-corrected chi connectivity index (χ3v) is 4.96. The molecule has 8 heteroatoms. The summed E-state index contributed by atoms with van der Waals surface area (Å²) in [5, 5.41) is 0.408. The van der Waals surface area contributed by atoms with Gasteiger partial charge in [-0.05, 0) is 18.2 Å². The van der Waals surface area contributed by atoms with Gasteiger partial charge in [-0.3, -0.25) is 0 Å². The van der Waals surface area contributed by atoms with Crippen LogP contribution < -0.4 is 5.73 Å². The Kier molecular flexibility index (Phi) is 5.36. The maximum atomic E-state index is 12.3. The maximum Gasteiger partial charge on any atom is 0.244 e. The summed E-state index contributed by atoms with van der Waals surface area (Å²) < 4.78 is 25.8. The Morgan fingerprint density at radius 1 is 1.44 bits per heavy atom. The zero-order valence-electron chi connectivity index (χ0n) is 9.56. The highest BCUT2D eigenvalue weighted by molar-refractivity contribution is 7.89. The van der Waals surface area contributed by atoms with Gasteiger partial charge in [0.2, 0.25) is 10.0 Å². The van der Waals surface area contributed by atoms with E-state index in [0.29, 0.717) is 5.02 Å². The first-order valence-corrected chi connectivity index (χ1v) is 7.63. The van der Waals surface area contributed by atoms with E-state index < -0.39 is 10.0 Å². The maximum absolute atomic E-state index is 12.3. The molecule has 1 aromatic carbocycles. The number of nitrogens with zero attached hydrogens (tertiary/aromatic N) is 1. The quantitative estimate of drug-likeness (QED) is 0.843. The van der Waals surface area contributed by atoms with Crippen molar-refractivity contribution in [3.8, 4) is 0 Å². The van der Waals surface area contributed by atoms with Gasteiger partial charge in [0.15, 0.2) is 0 Å². The number of sulfonamides is 1. The molecular weight excluding hydrogens is 315 g/mol. The summed E-state index contributed by atoms with van der Waals surface area (Å²) in [6, 6.07) is 4.26. The van der Waals surface area contributed by atoms with Crippen molar-refractivity contribution in [2.45, 2.75) is 11.8 Å². The molecule has 0 bridgehead atoms. The Balaban J connectivity index is 3.26. The highest BCUT2D eigenvalue weighted by atomic mass is 35.5. The summed E-state index contributed by atoms with van der Waals surface area (Å²) in [5.41, 5.74) is 5.38. The molecule has 0 saturated heterocycles. The fourth-order valence-corrected chi connectivity index (χ4v) is 3.76. The molecule has 18 heavy (non-hydrogen) atoms. The lowest BCUT2D eigenvalue weighted by Crippen LogP contribution is -2.37. The predicted octanol–water partition coefficient (Wildman–Crippen LogP) is 2.29. The summed E-state index contributed by atoms with van der Waals surface area (Å²) in [4.78, 5) is 0.0494. The summed E-state index contributed by atoms with van der Waals surface area (Å²) >= 11 is 16.4. The van der Waals surface area contributed by atoms with E-state index in [1.807, 2.05) is 0 Å². The van der Waals surface area contributed by atoms with E-state index in [1.54, 1.807) is 6.92 Å². The Labute approximate surface area is 122 Å². The summed E-state index contributed by atoms with van der Waals surface area (Å²) in [6.07, 6.45) is 0. The molecule has 0 radical (unpaired) electrons. The van der Waals surface area contributed by atoms with Gasteiger partial charge in [0.25, 0.3) is 0 Å². The third-order valence-electron chi connectivity index (χ3n) is 2.20. The van der Waals surface area contributed by atoms with Gasteiger partial charge in [0.1, 0.15) is 4.90 Å². The van der Waals surface area contributed by atoms with Crippen LogP contribution in [0.5, 0.6) is 0 Å². The molecule has 100 valence electrons. The number of benzene rings is 1. The first kappa shape index (κ1) is 15.7. The molecule has 0 heterocycles. The zero-order chi connectivity index (χ0) is 13.9. The van der Waals surface area contributed by atoms with Gasteiger partial charge in [-0.1, -0.05) is 42.3 Å². The van der Waals surface area contributed by atoms with Crippen molar-refractivity contribution in [1.29, 1.82) is 0 Å². The monoisotopic (exact) mass is 326 g/mol. The largest absolute Gasteiger partial charge is 0.392 e. The number of halogens is 2. The molecule has 0 aliphatic heterocycles. The van der Waals surface area contributed by atoms with Crippen LogP contribution in [0.4, 0.5) is 0 Å². The number of likely N-dealkylation sites (N-methyl/N-ethyl adjacent to an activating group) is 1. The topological polar surface area (TPSA) is 63.4 Å². The second-order valence-corrected chi connectivity index (χ2v) is 6.75. The zero-order valence-corrected chi connectivity index (χ0v) is 12.7. The first-order valence-electron chi connectivity index (χ1n) is 5.02. The van der Waals surface area contributed by atoms with E-state index >= 15 is 0 Å². The smallest absolute Gasteiger partial charge is 0.244 e. The molecule has 0 atom stereocenters. The molecule has 1 rings (SSSR count). The minimum absolute atomic E-state index is 0.0307. The van der Waals surface area contributed by atoms with E-state index in [9.17, 15) is 8.42 Å². The minimum Gasteiger partial charge on any atom is -0.392 e. The minimum atomic E-state index is -3.75. The van der Waals surface area contributed by atoms with E-state index in [1.165, 1.54) is 18.2 Å². The van der Waals surface area contributed by atoms with Crippen LogP contribution in [-0.4, -0.2) is 30.8 Å². The van der Waals surface area contributed by atoms with Crippen LogP contribution in [-0.2, 0) is 10.0 Å². The fourth-order valence-electron chi connectivity index (χ4n) is 1.35. The summed E-state index contributed by atoms with van der Waals surface area (Å²) in [7, 11) is -3.75. The number of hydrogen-bond acceptors (Lipinski definition) is 3. The van der Waals surface area contributed by atoms with Crippen LogP contribution in [0.2, 0.25) is 10.0 Å². The van der Waals surface area contributed by atoms with Crippen molar-refractivity contribution >= 4 is 50.4 Å². The molecule has 0 amide bonds. The van der Waals surface area contributed by atoms with E-state index in [4.69, 9.17) is 41.2 Å². The third kappa shape index (κ3) is 3.55. The van der Waals surface area contributed by atoms with Crippen molar-refractivity contribution in [2.75, 3.05) is 13.1 Å². The summed E-state index contributed by atoms with van der Waals surface area (Å²) in [5.74, 6) is 0. The molecule has 2 N–H and O–H groups in total. The van der Waals surface area contributed by atoms with Crippen LogP contribution in [0.15, 0.2) is 23.1 Å². The molecule has 0 fully saturated rings. The van der Waals surface area contributed by atoms with Crippen LogP contribution in [0.3, 0.4) is 0 Å². The van der Waals surface area contributed by atoms with Crippen molar-refractivity contribution < 1.29 is 8.42 Å². The Morgan fingerprint density at radius 2 is 2.06 bits per heavy atom. The molecule has 0 aliphatic carbocycles. The van der Waals surface area contributed by atoms with Gasteiger partial charge in [0, 0.05) is 11.6 Å². The number of nitrogens with two attached hydrogens (primary N) is 1. The molecule has 0 aliphatic rings. The van der Waals surface area contributed by atoms with Crippen LogP contribution in [0.25, 0.3) is 0 Å². The van der Waals surface area contributed by atoms with Gasteiger partial charge in [0.05, 0.1) is 16.6 Å². The fraction of sp³-hybridized carbons (Fsp3) is 0.300. The van der Waals surface area contributed by atoms with Crippen LogP contribution >= 0.6 is 35.4 Å². The predicted molar refractivity (Wildman–Crippen MR) is 77.7 cm³/mol. The molecule has 1 aromatic rings. The number of rotatable bonds is 5. The Hall–Kier alpha value is -0.400. The molecule has 0 unspecified atom stereocenters. The highest BCUT2D eigenvalue weighted by Crippen LogP contribution is 2.27. The first-order chi connectivity index (χ1) is 8.28. The number of hydrogen-bond donors (Lipinski definition) is 1. The van der Waals surface area contributed by atoms with E-state index in [0.717, 1.165) is 4.31 Å². The number of thiocarbonyl (C=S) groups is 1. The Morgan fingerprint density at radius 3 is 2.56 bits per heavy atom. The van der Waals surface area contributed by atoms with Gasteiger partial charge in [-0.2, -0.15) is 4.31 Å². The standard InChI is InChI=1S/C10H12Cl2N2O2S2/c1-2-14(6-10(13)17)18(15,16)9-5-7(11)3-4-8(9)12/h3-5H,2,6H2,1H3,(H2,13,17). The SMILES string of the molecule is CCN(CC(N)=S)S(=O)(=O)c1cc(Cl)ccc1Cl. The van der Waals surface area contributed by atoms with E-state index in [2.05, 4.69) is 0 Å². The average Bonchev–Trinajstić information content (AvgIpc) is 2.28. The van der Waals surface area contributed by atoms with Crippen molar-refractivity contribution in [3.05, 3.63) is 28.2 Å². The van der Waals surface area contributed by atoms with Crippen LogP contribution in [0, 0.1) is 0 Å².